The van der Waals surface area contributed by atoms with E-state index >= 15 is 0 Å². The van der Waals surface area contributed by atoms with Crippen molar-refractivity contribution in [1.82, 2.24) is 25.5 Å². The lowest BCUT2D eigenvalue weighted by Gasteiger charge is -2.17. The van der Waals surface area contributed by atoms with Gasteiger partial charge < -0.3 is 15.5 Å². The Morgan fingerprint density at radius 2 is 0.870 bits per heavy atom. The van der Waals surface area contributed by atoms with E-state index in [0.717, 1.165) is 80.8 Å². The maximum Gasteiger partial charge on any atom is 0.253 e. The van der Waals surface area contributed by atoms with Crippen molar-refractivity contribution in [2.45, 2.75) is 12.8 Å². The standard InChI is InChI=1S/C47H41N5O2/c1-52(28-12-26-48-46(53)40-24-10-20-36-30-34-18-8-22-38(42(34)50-44(36)40)32-14-4-2-5-15-32)29-13-27-49-47(54)41-25-11-21-37-31-35-19-9-23-39(43(35)51-45(37)41)33-16-6-3-7-17-33/h2-11,14-25,30-31H,12-13,26-29H2,1H3,(H,48,53)(H,49,54). The summed E-state index contributed by atoms with van der Waals surface area (Å²) in [6.07, 6.45) is 1.60. The Hall–Kier alpha value is -6.44. The van der Waals surface area contributed by atoms with Gasteiger partial charge in [-0.2, -0.15) is 0 Å². The molecule has 0 spiro atoms. The van der Waals surface area contributed by atoms with Crippen LogP contribution in [-0.2, 0) is 0 Å². The van der Waals surface area contributed by atoms with Gasteiger partial charge in [-0.1, -0.05) is 121 Å². The van der Waals surface area contributed by atoms with E-state index in [-0.39, 0.29) is 11.8 Å². The molecular formula is C47H41N5O2. The first-order valence-corrected chi connectivity index (χ1v) is 18.5. The Bertz CT molecular complexity index is 2440. The van der Waals surface area contributed by atoms with Crippen molar-refractivity contribution < 1.29 is 9.59 Å². The molecule has 8 aromatic rings. The van der Waals surface area contributed by atoms with Crippen LogP contribution in [0.25, 0.3) is 65.9 Å². The summed E-state index contributed by atoms with van der Waals surface area (Å²) in [7, 11) is 2.07. The van der Waals surface area contributed by atoms with Crippen LogP contribution >= 0.6 is 0 Å². The zero-order valence-corrected chi connectivity index (χ0v) is 30.3. The van der Waals surface area contributed by atoms with Crippen molar-refractivity contribution in [1.29, 1.82) is 0 Å². The van der Waals surface area contributed by atoms with Gasteiger partial charge >= 0.3 is 0 Å². The molecule has 0 fully saturated rings. The molecule has 0 unspecified atom stereocenters. The molecule has 54 heavy (non-hydrogen) atoms. The van der Waals surface area contributed by atoms with Gasteiger partial charge in [0.1, 0.15) is 0 Å². The summed E-state index contributed by atoms with van der Waals surface area (Å²) >= 11 is 0. The average molecular weight is 708 g/mol. The van der Waals surface area contributed by atoms with Crippen molar-refractivity contribution in [3.8, 4) is 22.3 Å². The van der Waals surface area contributed by atoms with Crippen molar-refractivity contribution >= 4 is 55.4 Å². The molecular weight excluding hydrogens is 667 g/mol. The minimum atomic E-state index is -0.123. The number of carbonyl (C=O) groups excluding carboxylic acids is 2. The number of benzene rings is 6. The van der Waals surface area contributed by atoms with E-state index in [4.69, 9.17) is 9.97 Å². The molecule has 2 heterocycles. The second-order valence-corrected chi connectivity index (χ2v) is 13.7. The number of aromatic nitrogens is 2. The largest absolute Gasteiger partial charge is 0.352 e. The number of para-hydroxylation sites is 4. The van der Waals surface area contributed by atoms with Crippen LogP contribution in [0.1, 0.15) is 33.6 Å². The van der Waals surface area contributed by atoms with E-state index in [0.29, 0.717) is 35.2 Å². The molecule has 2 aromatic heterocycles. The lowest BCUT2D eigenvalue weighted by atomic mass is 10.00. The normalized spacial score (nSPS) is 11.4. The van der Waals surface area contributed by atoms with Crippen LogP contribution in [0.5, 0.6) is 0 Å². The van der Waals surface area contributed by atoms with Crippen LogP contribution in [0.2, 0.25) is 0 Å². The number of fused-ring (bicyclic) bond motifs is 4. The van der Waals surface area contributed by atoms with E-state index in [1.54, 1.807) is 0 Å². The SMILES string of the molecule is CN(CCCNC(=O)c1cccc2cc3cccc(-c4ccccc4)c3nc12)CCCNC(=O)c1cccc2cc3cccc(-c4ccccc4)c3nc12. The summed E-state index contributed by atoms with van der Waals surface area (Å²) in [6, 6.07) is 48.6. The Labute approximate surface area is 314 Å². The van der Waals surface area contributed by atoms with Gasteiger partial charge in [0.2, 0.25) is 0 Å². The third-order valence-electron chi connectivity index (χ3n) is 10.0. The summed E-state index contributed by atoms with van der Waals surface area (Å²) in [6.45, 7) is 2.73. The van der Waals surface area contributed by atoms with Gasteiger partial charge in [-0.3, -0.25) is 9.59 Å². The zero-order valence-electron chi connectivity index (χ0n) is 30.3. The molecule has 7 heteroatoms. The van der Waals surface area contributed by atoms with Crippen LogP contribution in [-0.4, -0.2) is 59.9 Å². The monoisotopic (exact) mass is 707 g/mol. The van der Waals surface area contributed by atoms with Crippen molar-refractivity contribution in [3.05, 3.63) is 157 Å². The van der Waals surface area contributed by atoms with Crippen LogP contribution in [0, 0.1) is 0 Å². The number of nitrogens with one attached hydrogen (secondary N) is 2. The van der Waals surface area contributed by atoms with Gasteiger partial charge in [0.25, 0.3) is 11.8 Å². The fourth-order valence-electron chi connectivity index (χ4n) is 7.24. The van der Waals surface area contributed by atoms with Gasteiger partial charge in [0, 0.05) is 45.8 Å². The average Bonchev–Trinajstić information content (AvgIpc) is 3.22. The summed E-state index contributed by atoms with van der Waals surface area (Å²) in [5.74, 6) is -0.246. The molecule has 0 aliphatic carbocycles. The number of amides is 2. The molecule has 2 N–H and O–H groups in total. The first-order chi connectivity index (χ1) is 26.5. The number of hydrogen-bond donors (Lipinski definition) is 2. The highest BCUT2D eigenvalue weighted by Crippen LogP contribution is 2.32. The second-order valence-electron chi connectivity index (χ2n) is 13.7. The predicted octanol–water partition coefficient (Wildman–Crippen LogP) is 9.30. The highest BCUT2D eigenvalue weighted by atomic mass is 16.2. The van der Waals surface area contributed by atoms with Gasteiger partial charge in [-0.25, -0.2) is 9.97 Å². The second kappa shape index (κ2) is 15.7. The van der Waals surface area contributed by atoms with Gasteiger partial charge in [-0.05, 0) is 68.4 Å². The molecule has 0 aliphatic heterocycles. The Kier molecular flexibility index (Phi) is 10.0. The minimum Gasteiger partial charge on any atom is -0.352 e. The lowest BCUT2D eigenvalue weighted by molar-refractivity contribution is 0.0947. The fraction of sp³-hybridized carbons (Fsp3) is 0.149. The maximum atomic E-state index is 13.4. The summed E-state index contributed by atoms with van der Waals surface area (Å²) in [4.78, 5) is 39.1. The third kappa shape index (κ3) is 7.27. The van der Waals surface area contributed by atoms with Crippen LogP contribution < -0.4 is 10.6 Å². The predicted molar refractivity (Wildman–Crippen MR) is 221 cm³/mol. The van der Waals surface area contributed by atoms with E-state index in [2.05, 4.69) is 83.2 Å². The Morgan fingerprint density at radius 3 is 1.30 bits per heavy atom. The topological polar surface area (TPSA) is 87.2 Å². The third-order valence-corrected chi connectivity index (χ3v) is 10.0. The van der Waals surface area contributed by atoms with Crippen LogP contribution in [0.4, 0.5) is 0 Å². The number of nitrogens with zero attached hydrogens (tertiary/aromatic N) is 3. The fourth-order valence-corrected chi connectivity index (χ4v) is 7.24. The number of carbonyl (C=O) groups is 2. The number of rotatable bonds is 12. The van der Waals surface area contributed by atoms with Gasteiger partial charge in [-0.15, -0.1) is 0 Å². The van der Waals surface area contributed by atoms with Gasteiger partial charge in [0.15, 0.2) is 0 Å². The van der Waals surface area contributed by atoms with E-state index in [1.807, 2.05) is 84.9 Å². The Balaban J connectivity index is 0.847. The summed E-state index contributed by atoms with van der Waals surface area (Å²) < 4.78 is 0. The molecule has 0 aliphatic rings. The molecule has 0 atom stereocenters. The first-order valence-electron chi connectivity index (χ1n) is 18.5. The highest BCUT2D eigenvalue weighted by Gasteiger charge is 2.16. The molecule has 2 amide bonds. The van der Waals surface area contributed by atoms with Crippen LogP contribution in [0.15, 0.2) is 146 Å². The molecule has 7 nitrogen and oxygen atoms in total. The first kappa shape index (κ1) is 34.6. The van der Waals surface area contributed by atoms with Gasteiger partial charge in [0.05, 0.1) is 33.2 Å². The molecule has 0 radical (unpaired) electrons. The molecule has 0 bridgehead atoms. The quantitative estimate of drug-likeness (QED) is 0.0977. The summed E-state index contributed by atoms with van der Waals surface area (Å²) in [5, 5.41) is 10.2. The highest BCUT2D eigenvalue weighted by molar-refractivity contribution is 6.10. The number of pyridine rings is 2. The van der Waals surface area contributed by atoms with E-state index in [1.165, 1.54) is 0 Å². The zero-order chi connectivity index (χ0) is 36.9. The smallest absolute Gasteiger partial charge is 0.253 e. The molecule has 0 saturated carbocycles. The number of hydrogen-bond acceptors (Lipinski definition) is 5. The van der Waals surface area contributed by atoms with Crippen molar-refractivity contribution in [3.63, 3.8) is 0 Å². The molecule has 0 saturated heterocycles. The summed E-state index contributed by atoms with van der Waals surface area (Å²) in [5.41, 5.74) is 8.61. The van der Waals surface area contributed by atoms with E-state index in [9.17, 15) is 9.59 Å². The Morgan fingerprint density at radius 1 is 0.481 bits per heavy atom. The molecule has 6 aromatic carbocycles. The minimum absolute atomic E-state index is 0.123. The maximum absolute atomic E-state index is 13.4. The van der Waals surface area contributed by atoms with E-state index < -0.39 is 0 Å². The van der Waals surface area contributed by atoms with Crippen molar-refractivity contribution in [2.75, 3.05) is 33.2 Å². The van der Waals surface area contributed by atoms with Crippen LogP contribution in [0.3, 0.4) is 0 Å². The van der Waals surface area contributed by atoms with Crippen molar-refractivity contribution in [2.24, 2.45) is 0 Å². The molecule has 266 valence electrons. The lowest BCUT2D eigenvalue weighted by Crippen LogP contribution is -2.31. The molecule has 8 rings (SSSR count).